The van der Waals surface area contributed by atoms with E-state index in [2.05, 4.69) is 5.48 Å². The Bertz CT molecular complexity index is 703. The Morgan fingerprint density at radius 1 is 1.20 bits per heavy atom. The number of hydroxylamine groups is 1. The first-order chi connectivity index (χ1) is 14.7. The van der Waals surface area contributed by atoms with Crippen molar-refractivity contribution < 1.29 is 23.9 Å². The summed E-state index contributed by atoms with van der Waals surface area (Å²) in [5.74, 6) is 0.228. The first kappa shape index (κ1) is 21.3. The van der Waals surface area contributed by atoms with Gasteiger partial charge >= 0.3 is 6.09 Å². The lowest BCUT2D eigenvalue weighted by Crippen LogP contribution is -2.46. The quantitative estimate of drug-likeness (QED) is 0.589. The molecule has 2 amide bonds. The van der Waals surface area contributed by atoms with E-state index < -0.39 is 6.09 Å². The molecule has 3 unspecified atom stereocenters. The fraction of sp³-hybridized carbons (Fsp3) is 0.652. The zero-order valence-corrected chi connectivity index (χ0v) is 17.5. The second-order valence-corrected chi connectivity index (χ2v) is 8.61. The maximum Gasteiger partial charge on any atom is 0.416 e. The van der Waals surface area contributed by atoms with Gasteiger partial charge in [-0.3, -0.25) is 9.63 Å². The molecule has 1 aliphatic carbocycles. The number of rotatable bonds is 10. The molecule has 0 aromatic heterocycles. The van der Waals surface area contributed by atoms with E-state index in [1.807, 2.05) is 30.3 Å². The van der Waals surface area contributed by atoms with Crippen LogP contribution in [0.3, 0.4) is 0 Å². The molecule has 3 fully saturated rings. The van der Waals surface area contributed by atoms with Gasteiger partial charge in [-0.25, -0.2) is 9.69 Å². The summed E-state index contributed by atoms with van der Waals surface area (Å²) >= 11 is 0. The molecule has 1 aromatic carbocycles. The van der Waals surface area contributed by atoms with E-state index in [1.165, 1.54) is 17.7 Å². The molecule has 3 atom stereocenters. The molecular formula is C23H32N2O5. The predicted octanol–water partition coefficient (Wildman–Crippen LogP) is 3.43. The van der Waals surface area contributed by atoms with Crippen molar-refractivity contribution in [2.75, 3.05) is 19.8 Å². The Morgan fingerprint density at radius 3 is 2.77 bits per heavy atom. The summed E-state index contributed by atoms with van der Waals surface area (Å²) in [6, 6.07) is 9.64. The van der Waals surface area contributed by atoms with Crippen LogP contribution in [0.15, 0.2) is 30.3 Å². The van der Waals surface area contributed by atoms with Gasteiger partial charge in [0.05, 0.1) is 12.0 Å². The molecule has 1 saturated carbocycles. The largest absolute Gasteiger partial charge is 0.447 e. The van der Waals surface area contributed by atoms with E-state index in [9.17, 15) is 9.59 Å². The van der Waals surface area contributed by atoms with Crippen molar-refractivity contribution in [3.63, 3.8) is 0 Å². The minimum atomic E-state index is -0.533. The number of nitrogens with zero attached hydrogens (tertiary/aromatic N) is 1. The van der Waals surface area contributed by atoms with Crippen molar-refractivity contribution in [1.82, 2.24) is 10.4 Å². The zero-order chi connectivity index (χ0) is 20.8. The van der Waals surface area contributed by atoms with E-state index in [0.717, 1.165) is 37.7 Å². The van der Waals surface area contributed by atoms with Crippen molar-refractivity contribution in [2.24, 2.45) is 11.8 Å². The standard InChI is InChI=1S/C23H32N2O5/c26-22(25-20(16-29-23(25)27)14-18-6-2-1-3-7-18)19(12-11-17-9-10-17)15-24-30-21-8-4-5-13-28-21/h1-3,6-7,17,19-21,24H,4-5,8-16H2. The summed E-state index contributed by atoms with van der Waals surface area (Å²) in [5, 5.41) is 0. The molecule has 3 aliphatic rings. The highest BCUT2D eigenvalue weighted by Crippen LogP contribution is 2.35. The molecule has 164 valence electrons. The third kappa shape index (κ3) is 5.80. The summed E-state index contributed by atoms with van der Waals surface area (Å²) in [5.41, 5.74) is 4.05. The highest BCUT2D eigenvalue weighted by Gasteiger charge is 2.41. The lowest BCUT2D eigenvalue weighted by molar-refractivity contribution is -0.198. The van der Waals surface area contributed by atoms with E-state index in [1.54, 1.807) is 0 Å². The van der Waals surface area contributed by atoms with Crippen LogP contribution in [0.25, 0.3) is 0 Å². The molecule has 0 bridgehead atoms. The summed E-state index contributed by atoms with van der Waals surface area (Å²) < 4.78 is 10.8. The molecule has 7 heteroatoms. The summed E-state index contributed by atoms with van der Waals surface area (Å²) in [6.07, 6.45) is 7.02. The molecule has 30 heavy (non-hydrogen) atoms. The zero-order valence-electron chi connectivity index (χ0n) is 17.5. The second-order valence-electron chi connectivity index (χ2n) is 8.61. The van der Waals surface area contributed by atoms with E-state index in [4.69, 9.17) is 14.3 Å². The van der Waals surface area contributed by atoms with Crippen LogP contribution in [0.4, 0.5) is 4.79 Å². The smallest absolute Gasteiger partial charge is 0.416 e. The topological polar surface area (TPSA) is 77.1 Å². The first-order valence-electron chi connectivity index (χ1n) is 11.2. The normalized spacial score (nSPS) is 25.2. The summed E-state index contributed by atoms with van der Waals surface area (Å²) in [6.45, 7) is 1.32. The maximum atomic E-state index is 13.4. The van der Waals surface area contributed by atoms with Gasteiger partial charge in [-0.15, -0.1) is 0 Å². The van der Waals surface area contributed by atoms with Gasteiger partial charge in [0.25, 0.3) is 0 Å². The average Bonchev–Trinajstić information content (AvgIpc) is 3.53. The summed E-state index contributed by atoms with van der Waals surface area (Å²) in [4.78, 5) is 32.7. The van der Waals surface area contributed by atoms with Crippen molar-refractivity contribution in [3.05, 3.63) is 35.9 Å². The van der Waals surface area contributed by atoms with Crippen LogP contribution in [0.1, 0.15) is 50.5 Å². The van der Waals surface area contributed by atoms with Crippen LogP contribution in [0.5, 0.6) is 0 Å². The fourth-order valence-corrected chi connectivity index (χ4v) is 4.17. The van der Waals surface area contributed by atoms with Crippen molar-refractivity contribution in [2.45, 2.75) is 63.7 Å². The lowest BCUT2D eigenvalue weighted by Gasteiger charge is -2.27. The minimum absolute atomic E-state index is 0.167. The number of amides is 2. The molecule has 0 radical (unpaired) electrons. The average molecular weight is 417 g/mol. The number of nitrogens with one attached hydrogen (secondary N) is 1. The predicted molar refractivity (Wildman–Crippen MR) is 110 cm³/mol. The van der Waals surface area contributed by atoms with Crippen molar-refractivity contribution in [1.29, 1.82) is 0 Å². The third-order valence-corrected chi connectivity index (χ3v) is 6.16. The number of carbonyl (C=O) groups excluding carboxylic acids is 2. The monoisotopic (exact) mass is 416 g/mol. The van der Waals surface area contributed by atoms with Crippen LogP contribution in [-0.2, 0) is 25.5 Å². The van der Waals surface area contributed by atoms with Gasteiger partial charge in [0.15, 0.2) is 6.29 Å². The molecule has 0 spiro atoms. The van der Waals surface area contributed by atoms with Crippen LogP contribution in [-0.4, -0.2) is 49.0 Å². The maximum absolute atomic E-state index is 13.4. The number of hydrogen-bond acceptors (Lipinski definition) is 6. The minimum Gasteiger partial charge on any atom is -0.447 e. The van der Waals surface area contributed by atoms with Gasteiger partial charge in [0.2, 0.25) is 5.91 Å². The third-order valence-electron chi connectivity index (χ3n) is 6.16. The molecular weight excluding hydrogens is 384 g/mol. The number of cyclic esters (lactones) is 1. The van der Waals surface area contributed by atoms with Gasteiger partial charge in [-0.2, -0.15) is 5.48 Å². The van der Waals surface area contributed by atoms with Gasteiger partial charge in [0, 0.05) is 19.6 Å². The lowest BCUT2D eigenvalue weighted by atomic mass is 9.98. The number of imide groups is 1. The molecule has 2 saturated heterocycles. The van der Waals surface area contributed by atoms with Crippen molar-refractivity contribution in [3.8, 4) is 0 Å². The van der Waals surface area contributed by atoms with E-state index >= 15 is 0 Å². The Balaban J connectivity index is 1.37. The molecule has 1 N–H and O–H groups in total. The fourth-order valence-electron chi connectivity index (χ4n) is 4.17. The molecule has 7 nitrogen and oxygen atoms in total. The van der Waals surface area contributed by atoms with Crippen LogP contribution in [0, 0.1) is 11.8 Å². The Hall–Kier alpha value is -1.96. The SMILES string of the molecule is O=C1OCC(Cc2ccccc2)N1C(=O)C(CCC1CC1)CNOC1CCCCO1. The van der Waals surface area contributed by atoms with Crippen LogP contribution < -0.4 is 5.48 Å². The summed E-state index contributed by atoms with van der Waals surface area (Å²) in [7, 11) is 0. The van der Waals surface area contributed by atoms with Crippen LogP contribution >= 0.6 is 0 Å². The van der Waals surface area contributed by atoms with E-state index in [0.29, 0.717) is 25.5 Å². The molecule has 2 aliphatic heterocycles. The molecule has 4 rings (SSSR count). The number of hydrogen-bond donors (Lipinski definition) is 1. The second kappa shape index (κ2) is 10.4. The number of carbonyl (C=O) groups is 2. The first-order valence-corrected chi connectivity index (χ1v) is 11.2. The van der Waals surface area contributed by atoms with Gasteiger partial charge < -0.3 is 9.47 Å². The highest BCUT2D eigenvalue weighted by molar-refractivity contribution is 5.95. The Labute approximate surface area is 178 Å². The van der Waals surface area contributed by atoms with E-state index in [-0.39, 0.29) is 30.8 Å². The van der Waals surface area contributed by atoms with Gasteiger partial charge in [-0.05, 0) is 43.6 Å². The Morgan fingerprint density at radius 2 is 2.03 bits per heavy atom. The van der Waals surface area contributed by atoms with Crippen LogP contribution in [0.2, 0.25) is 0 Å². The highest BCUT2D eigenvalue weighted by atomic mass is 16.8. The van der Waals surface area contributed by atoms with Gasteiger partial charge in [0.1, 0.15) is 6.61 Å². The number of ether oxygens (including phenoxy) is 2. The number of benzene rings is 1. The van der Waals surface area contributed by atoms with Crippen molar-refractivity contribution >= 4 is 12.0 Å². The van der Waals surface area contributed by atoms with Gasteiger partial charge in [-0.1, -0.05) is 43.2 Å². The molecule has 2 heterocycles. The molecule has 1 aromatic rings. The Kier molecular flexibility index (Phi) is 7.36.